The van der Waals surface area contributed by atoms with E-state index in [9.17, 15) is 0 Å². The largest absolute Gasteiger partial charge is 0.382 e. The first-order chi connectivity index (χ1) is 9.25. The quantitative estimate of drug-likeness (QED) is 0.578. The minimum absolute atomic E-state index is 0.161. The average Bonchev–Trinajstić information content (AvgIpc) is 2.83. The molecular weight excluding hydrogens is 248 g/mol. The molecule has 0 amide bonds. The Balaban J connectivity index is 1.95. The molecule has 0 bridgehead atoms. The Kier molecular flexibility index (Phi) is 8.31. The predicted molar refractivity (Wildman–Crippen MR) is 70.9 cm³/mol. The van der Waals surface area contributed by atoms with Gasteiger partial charge in [0, 0.05) is 20.7 Å². The van der Waals surface area contributed by atoms with Gasteiger partial charge in [-0.15, -0.1) is 10.2 Å². The minimum atomic E-state index is 0.161. The summed E-state index contributed by atoms with van der Waals surface area (Å²) in [5.41, 5.74) is 0. The molecule has 110 valence electrons. The van der Waals surface area contributed by atoms with Gasteiger partial charge in [-0.05, 0) is 6.92 Å². The van der Waals surface area contributed by atoms with Gasteiger partial charge in [-0.1, -0.05) is 0 Å². The summed E-state index contributed by atoms with van der Waals surface area (Å²) in [5, 5.41) is 11.2. The van der Waals surface area contributed by atoms with Gasteiger partial charge in [0.05, 0.1) is 39.1 Å². The lowest BCUT2D eigenvalue weighted by Gasteiger charge is -2.12. The first-order valence-electron chi connectivity index (χ1n) is 6.47. The predicted octanol–water partition coefficient (Wildman–Crippen LogP) is 0.145. The van der Waals surface area contributed by atoms with Gasteiger partial charge in [-0.25, -0.2) is 0 Å². The first kappa shape index (κ1) is 16.0. The maximum atomic E-state index is 5.44. The third-order valence-electron chi connectivity index (χ3n) is 2.63. The second-order valence-corrected chi connectivity index (χ2v) is 4.19. The molecule has 0 aliphatic rings. The number of hydrogen-bond donors (Lipinski definition) is 1. The van der Waals surface area contributed by atoms with E-state index in [-0.39, 0.29) is 6.04 Å². The Labute approximate surface area is 114 Å². The number of aromatic nitrogens is 3. The Morgan fingerprint density at radius 1 is 1.21 bits per heavy atom. The van der Waals surface area contributed by atoms with E-state index in [4.69, 9.17) is 14.2 Å². The van der Waals surface area contributed by atoms with Crippen molar-refractivity contribution in [2.75, 3.05) is 46.7 Å². The zero-order chi connectivity index (χ0) is 13.9. The number of aryl methyl sites for hydroxylation is 1. The van der Waals surface area contributed by atoms with Crippen LogP contribution in [0.15, 0.2) is 6.33 Å². The van der Waals surface area contributed by atoms with Crippen LogP contribution < -0.4 is 5.32 Å². The summed E-state index contributed by atoms with van der Waals surface area (Å²) >= 11 is 0. The van der Waals surface area contributed by atoms with Gasteiger partial charge in [0.15, 0.2) is 0 Å². The SMILES string of the molecule is COCCOCCOCCNC(C)c1nncn1C. The molecule has 0 spiro atoms. The average molecular weight is 272 g/mol. The molecule has 1 aromatic heterocycles. The van der Waals surface area contributed by atoms with E-state index in [0.717, 1.165) is 12.4 Å². The molecule has 0 radical (unpaired) electrons. The van der Waals surface area contributed by atoms with Gasteiger partial charge >= 0.3 is 0 Å². The summed E-state index contributed by atoms with van der Waals surface area (Å²) < 4.78 is 17.5. The normalized spacial score (nSPS) is 12.8. The van der Waals surface area contributed by atoms with Crippen LogP contribution in [0.5, 0.6) is 0 Å². The van der Waals surface area contributed by atoms with Gasteiger partial charge < -0.3 is 24.1 Å². The van der Waals surface area contributed by atoms with Crippen molar-refractivity contribution in [1.29, 1.82) is 0 Å². The lowest BCUT2D eigenvalue weighted by molar-refractivity contribution is 0.0252. The van der Waals surface area contributed by atoms with Gasteiger partial charge in [0.25, 0.3) is 0 Å². The first-order valence-corrected chi connectivity index (χ1v) is 6.47. The van der Waals surface area contributed by atoms with Crippen LogP contribution in [0.25, 0.3) is 0 Å². The zero-order valence-electron chi connectivity index (χ0n) is 12.0. The van der Waals surface area contributed by atoms with Crippen molar-refractivity contribution in [3.05, 3.63) is 12.2 Å². The smallest absolute Gasteiger partial charge is 0.149 e. The van der Waals surface area contributed by atoms with Gasteiger partial charge in [-0.2, -0.15) is 0 Å². The van der Waals surface area contributed by atoms with Crippen molar-refractivity contribution in [3.63, 3.8) is 0 Å². The summed E-state index contributed by atoms with van der Waals surface area (Å²) in [7, 11) is 3.59. The van der Waals surface area contributed by atoms with Crippen molar-refractivity contribution in [1.82, 2.24) is 20.1 Å². The Hall–Kier alpha value is -1.02. The Morgan fingerprint density at radius 3 is 2.53 bits per heavy atom. The summed E-state index contributed by atoms with van der Waals surface area (Å²) in [6.45, 7) is 5.91. The van der Waals surface area contributed by atoms with Crippen molar-refractivity contribution in [2.24, 2.45) is 7.05 Å². The maximum Gasteiger partial charge on any atom is 0.149 e. The fourth-order valence-electron chi connectivity index (χ4n) is 1.59. The van der Waals surface area contributed by atoms with Gasteiger partial charge in [-0.3, -0.25) is 0 Å². The van der Waals surface area contributed by atoms with E-state index in [1.165, 1.54) is 0 Å². The highest BCUT2D eigenvalue weighted by atomic mass is 16.5. The number of methoxy groups -OCH3 is 1. The molecule has 1 N–H and O–H groups in total. The van der Waals surface area contributed by atoms with Crippen LogP contribution in [0.3, 0.4) is 0 Å². The molecule has 19 heavy (non-hydrogen) atoms. The lowest BCUT2D eigenvalue weighted by Crippen LogP contribution is -2.25. The highest BCUT2D eigenvalue weighted by molar-refractivity contribution is 4.91. The fourth-order valence-corrected chi connectivity index (χ4v) is 1.59. The molecule has 0 aromatic carbocycles. The number of hydrogen-bond acceptors (Lipinski definition) is 6. The molecule has 1 atom stereocenters. The molecule has 1 unspecified atom stereocenters. The Morgan fingerprint density at radius 2 is 1.89 bits per heavy atom. The second-order valence-electron chi connectivity index (χ2n) is 4.19. The standard InChI is InChI=1S/C12H24N4O3/c1-11(12-15-14-10-16(12)2)13-4-5-18-8-9-19-7-6-17-3/h10-11,13H,4-9H2,1-3H3. The number of ether oxygens (including phenoxy) is 3. The number of rotatable bonds is 11. The van der Waals surface area contributed by atoms with Gasteiger partial charge in [0.2, 0.25) is 0 Å². The number of nitrogens with zero attached hydrogens (tertiary/aromatic N) is 3. The van der Waals surface area contributed by atoms with Crippen LogP contribution in [0.1, 0.15) is 18.8 Å². The van der Waals surface area contributed by atoms with Crippen LogP contribution in [0, 0.1) is 0 Å². The third-order valence-corrected chi connectivity index (χ3v) is 2.63. The summed E-state index contributed by atoms with van der Waals surface area (Å²) in [6, 6.07) is 0.161. The highest BCUT2D eigenvalue weighted by Crippen LogP contribution is 2.05. The number of nitrogens with one attached hydrogen (secondary N) is 1. The molecule has 7 heteroatoms. The zero-order valence-corrected chi connectivity index (χ0v) is 12.0. The molecule has 1 rings (SSSR count). The summed E-state index contributed by atoms with van der Waals surface area (Å²) in [4.78, 5) is 0. The Bertz CT molecular complexity index is 333. The van der Waals surface area contributed by atoms with Crippen molar-refractivity contribution in [3.8, 4) is 0 Å². The van der Waals surface area contributed by atoms with E-state index in [0.29, 0.717) is 33.0 Å². The molecular formula is C12H24N4O3. The van der Waals surface area contributed by atoms with Crippen LogP contribution in [0.2, 0.25) is 0 Å². The topological polar surface area (TPSA) is 70.4 Å². The molecule has 0 aliphatic heterocycles. The van der Waals surface area contributed by atoms with E-state index in [1.807, 2.05) is 11.6 Å². The van der Waals surface area contributed by atoms with Crippen molar-refractivity contribution >= 4 is 0 Å². The summed E-state index contributed by atoms with van der Waals surface area (Å²) in [5.74, 6) is 0.919. The molecule has 0 fully saturated rings. The van der Waals surface area contributed by atoms with Crippen molar-refractivity contribution < 1.29 is 14.2 Å². The van der Waals surface area contributed by atoms with E-state index in [2.05, 4.69) is 22.4 Å². The van der Waals surface area contributed by atoms with E-state index < -0.39 is 0 Å². The lowest BCUT2D eigenvalue weighted by atomic mass is 10.3. The van der Waals surface area contributed by atoms with E-state index >= 15 is 0 Å². The monoisotopic (exact) mass is 272 g/mol. The second kappa shape index (κ2) is 9.85. The molecule has 1 aromatic rings. The highest BCUT2D eigenvalue weighted by Gasteiger charge is 2.09. The third kappa shape index (κ3) is 6.63. The van der Waals surface area contributed by atoms with Gasteiger partial charge in [0.1, 0.15) is 12.2 Å². The molecule has 7 nitrogen and oxygen atoms in total. The summed E-state index contributed by atoms with van der Waals surface area (Å²) in [6.07, 6.45) is 1.70. The van der Waals surface area contributed by atoms with Crippen LogP contribution >= 0.6 is 0 Å². The molecule has 0 aliphatic carbocycles. The van der Waals surface area contributed by atoms with Crippen molar-refractivity contribution in [2.45, 2.75) is 13.0 Å². The van der Waals surface area contributed by atoms with Crippen LogP contribution in [-0.2, 0) is 21.3 Å². The van der Waals surface area contributed by atoms with Crippen LogP contribution in [-0.4, -0.2) is 61.5 Å². The molecule has 0 saturated heterocycles. The van der Waals surface area contributed by atoms with E-state index in [1.54, 1.807) is 13.4 Å². The molecule has 0 saturated carbocycles. The fraction of sp³-hybridized carbons (Fsp3) is 0.833. The maximum absolute atomic E-state index is 5.44. The molecule has 1 heterocycles. The van der Waals surface area contributed by atoms with Crippen LogP contribution in [0.4, 0.5) is 0 Å². The minimum Gasteiger partial charge on any atom is -0.382 e.